The maximum atomic E-state index is 12.7. The Morgan fingerprint density at radius 1 is 1.03 bits per heavy atom. The van der Waals surface area contributed by atoms with Gasteiger partial charge < -0.3 is 10.1 Å². The van der Waals surface area contributed by atoms with Crippen molar-refractivity contribution in [3.8, 4) is 0 Å². The number of methoxy groups -OCH3 is 1. The molecule has 158 valence electrons. The summed E-state index contributed by atoms with van der Waals surface area (Å²) < 4.78 is 5.05. The Kier molecular flexibility index (Phi) is 7.83. The maximum absolute atomic E-state index is 12.7. The molecular weight excluding hydrogens is 374 g/mol. The maximum Gasteiger partial charge on any atom is 0.313 e. The summed E-state index contributed by atoms with van der Waals surface area (Å²) in [5, 5.41) is 3.08. The number of carbonyl (C=O) groups is 2. The van der Waals surface area contributed by atoms with Crippen LogP contribution in [-0.2, 0) is 16.0 Å². The van der Waals surface area contributed by atoms with Crippen LogP contribution in [0.15, 0.2) is 66.7 Å². The fourth-order valence-electron chi connectivity index (χ4n) is 4.08. The minimum absolute atomic E-state index is 0.00825. The summed E-state index contributed by atoms with van der Waals surface area (Å²) >= 11 is 0. The average Bonchev–Trinajstić information content (AvgIpc) is 3.23. The van der Waals surface area contributed by atoms with Crippen LogP contribution in [0.5, 0.6) is 0 Å². The predicted molar refractivity (Wildman–Crippen MR) is 119 cm³/mol. The summed E-state index contributed by atoms with van der Waals surface area (Å²) in [7, 11) is 1.42. The van der Waals surface area contributed by atoms with Crippen LogP contribution < -0.4 is 5.32 Å². The SMILES string of the molecule is CCCCCc1ccc(C(=O)N[C@@H]2C=C[C@H]([C@@H](C(=O)OC)c3ccccc3)C2)cc1. The first-order chi connectivity index (χ1) is 14.6. The molecule has 0 spiro atoms. The van der Waals surface area contributed by atoms with Crippen LogP contribution in [0, 0.1) is 5.92 Å². The van der Waals surface area contributed by atoms with Crippen molar-refractivity contribution in [1.29, 1.82) is 0 Å². The Bertz CT molecular complexity index is 858. The highest BCUT2D eigenvalue weighted by atomic mass is 16.5. The Morgan fingerprint density at radius 2 is 1.77 bits per heavy atom. The lowest BCUT2D eigenvalue weighted by Crippen LogP contribution is -2.33. The van der Waals surface area contributed by atoms with Gasteiger partial charge in [-0.15, -0.1) is 0 Å². The van der Waals surface area contributed by atoms with Crippen LogP contribution in [0.1, 0.15) is 60.0 Å². The lowest BCUT2D eigenvalue weighted by Gasteiger charge is -2.22. The Hall–Kier alpha value is -2.88. The number of unbranched alkanes of at least 4 members (excludes halogenated alkanes) is 2. The molecule has 3 rings (SSSR count). The number of allylic oxidation sites excluding steroid dienone is 1. The number of hydrogen-bond acceptors (Lipinski definition) is 3. The van der Waals surface area contributed by atoms with Gasteiger partial charge in [-0.1, -0.05) is 74.4 Å². The standard InChI is InChI=1S/C26H31NO3/c1-3-4-6-9-19-12-14-21(15-13-19)25(28)27-23-17-16-22(18-23)24(26(29)30-2)20-10-7-5-8-11-20/h5,7-8,10-17,22-24H,3-4,6,9,18H2,1-2H3,(H,27,28)/t22-,23+,24-/m0/s1. The number of amides is 1. The van der Waals surface area contributed by atoms with Crippen LogP contribution in [0.4, 0.5) is 0 Å². The third-order valence-corrected chi connectivity index (χ3v) is 5.76. The molecule has 1 aliphatic carbocycles. The molecule has 0 fully saturated rings. The van der Waals surface area contributed by atoms with Gasteiger partial charge in [-0.3, -0.25) is 9.59 Å². The van der Waals surface area contributed by atoms with E-state index in [1.807, 2.05) is 66.7 Å². The van der Waals surface area contributed by atoms with E-state index in [1.165, 1.54) is 31.9 Å². The topological polar surface area (TPSA) is 55.4 Å². The van der Waals surface area contributed by atoms with E-state index >= 15 is 0 Å². The van der Waals surface area contributed by atoms with Crippen molar-refractivity contribution in [2.45, 2.75) is 51.0 Å². The van der Waals surface area contributed by atoms with E-state index in [2.05, 4.69) is 12.2 Å². The number of rotatable bonds is 9. The smallest absolute Gasteiger partial charge is 0.313 e. The highest BCUT2D eigenvalue weighted by molar-refractivity contribution is 5.94. The third-order valence-electron chi connectivity index (χ3n) is 5.76. The quantitative estimate of drug-likeness (QED) is 0.361. The molecule has 4 nitrogen and oxygen atoms in total. The van der Waals surface area contributed by atoms with Crippen LogP contribution in [-0.4, -0.2) is 25.0 Å². The van der Waals surface area contributed by atoms with Gasteiger partial charge in [0.15, 0.2) is 0 Å². The zero-order chi connectivity index (χ0) is 21.3. The first kappa shape index (κ1) is 21.8. The first-order valence-electron chi connectivity index (χ1n) is 10.8. The van der Waals surface area contributed by atoms with Crippen molar-refractivity contribution in [2.75, 3.05) is 7.11 Å². The number of benzene rings is 2. The summed E-state index contributed by atoms with van der Waals surface area (Å²) in [5.74, 6) is -0.705. The normalized spacial score (nSPS) is 18.7. The number of hydrogen-bond donors (Lipinski definition) is 1. The fraction of sp³-hybridized carbons (Fsp3) is 0.385. The van der Waals surface area contributed by atoms with Gasteiger partial charge in [0.25, 0.3) is 5.91 Å². The molecule has 2 aromatic carbocycles. The second-order valence-corrected chi connectivity index (χ2v) is 7.93. The minimum Gasteiger partial charge on any atom is -0.469 e. The van der Waals surface area contributed by atoms with Crippen molar-refractivity contribution < 1.29 is 14.3 Å². The molecule has 1 amide bonds. The zero-order valence-corrected chi connectivity index (χ0v) is 17.8. The molecule has 4 heteroatoms. The van der Waals surface area contributed by atoms with Gasteiger partial charge in [0.05, 0.1) is 13.0 Å². The monoisotopic (exact) mass is 405 g/mol. The molecule has 0 saturated carbocycles. The Labute approximate surface area is 179 Å². The third kappa shape index (κ3) is 5.59. The number of ether oxygens (including phenoxy) is 1. The van der Waals surface area contributed by atoms with E-state index in [1.54, 1.807) is 0 Å². The molecule has 30 heavy (non-hydrogen) atoms. The van der Waals surface area contributed by atoms with Crippen molar-refractivity contribution in [3.05, 3.63) is 83.4 Å². The lowest BCUT2D eigenvalue weighted by atomic mass is 9.85. The van der Waals surface area contributed by atoms with Crippen LogP contribution in [0.25, 0.3) is 0 Å². The molecule has 0 bridgehead atoms. The van der Waals surface area contributed by atoms with Gasteiger partial charge in [-0.2, -0.15) is 0 Å². The molecular formula is C26H31NO3. The summed E-state index contributed by atoms with van der Waals surface area (Å²) in [4.78, 5) is 25.1. The molecule has 1 aliphatic rings. The molecule has 1 N–H and O–H groups in total. The number of aryl methyl sites for hydroxylation is 1. The largest absolute Gasteiger partial charge is 0.469 e. The number of carbonyl (C=O) groups excluding carboxylic acids is 2. The minimum atomic E-state index is -0.364. The molecule has 0 heterocycles. The van der Waals surface area contributed by atoms with Gasteiger partial charge in [0.2, 0.25) is 0 Å². The second kappa shape index (κ2) is 10.8. The summed E-state index contributed by atoms with van der Waals surface area (Å²) in [6.07, 6.45) is 9.35. The first-order valence-corrected chi connectivity index (χ1v) is 10.8. The van der Waals surface area contributed by atoms with Crippen molar-refractivity contribution in [3.63, 3.8) is 0 Å². The summed E-state index contributed by atoms with van der Waals surface area (Å²) in [6.45, 7) is 2.20. The summed E-state index contributed by atoms with van der Waals surface area (Å²) in [6, 6.07) is 17.5. The van der Waals surface area contributed by atoms with Gasteiger partial charge in [0.1, 0.15) is 0 Å². The van der Waals surface area contributed by atoms with Gasteiger partial charge in [-0.25, -0.2) is 0 Å². The van der Waals surface area contributed by atoms with E-state index in [9.17, 15) is 9.59 Å². The molecule has 0 unspecified atom stereocenters. The molecule has 2 aromatic rings. The molecule has 0 aromatic heterocycles. The lowest BCUT2D eigenvalue weighted by molar-refractivity contribution is -0.143. The number of nitrogens with one attached hydrogen (secondary N) is 1. The Morgan fingerprint density at radius 3 is 2.43 bits per heavy atom. The van der Waals surface area contributed by atoms with Gasteiger partial charge in [0, 0.05) is 11.6 Å². The van der Waals surface area contributed by atoms with E-state index in [0.29, 0.717) is 12.0 Å². The van der Waals surface area contributed by atoms with Crippen molar-refractivity contribution >= 4 is 11.9 Å². The van der Waals surface area contributed by atoms with E-state index < -0.39 is 0 Å². The van der Waals surface area contributed by atoms with Crippen LogP contribution in [0.3, 0.4) is 0 Å². The van der Waals surface area contributed by atoms with Crippen LogP contribution in [0.2, 0.25) is 0 Å². The average molecular weight is 406 g/mol. The van der Waals surface area contributed by atoms with Crippen molar-refractivity contribution in [1.82, 2.24) is 5.32 Å². The van der Waals surface area contributed by atoms with Gasteiger partial charge >= 0.3 is 5.97 Å². The van der Waals surface area contributed by atoms with E-state index in [-0.39, 0.29) is 29.8 Å². The highest BCUT2D eigenvalue weighted by Gasteiger charge is 2.33. The van der Waals surface area contributed by atoms with Crippen molar-refractivity contribution in [2.24, 2.45) is 5.92 Å². The highest BCUT2D eigenvalue weighted by Crippen LogP contribution is 2.34. The van der Waals surface area contributed by atoms with Gasteiger partial charge in [-0.05, 0) is 48.4 Å². The molecule has 0 aliphatic heterocycles. The summed E-state index contributed by atoms with van der Waals surface area (Å²) in [5.41, 5.74) is 2.87. The van der Waals surface area contributed by atoms with E-state index in [0.717, 1.165) is 12.0 Å². The number of esters is 1. The second-order valence-electron chi connectivity index (χ2n) is 7.93. The molecule has 0 saturated heterocycles. The van der Waals surface area contributed by atoms with Crippen LogP contribution >= 0.6 is 0 Å². The molecule has 3 atom stereocenters. The predicted octanol–water partition coefficient (Wildman–Crippen LogP) is 5.05. The fourth-order valence-corrected chi connectivity index (χ4v) is 4.08. The van der Waals surface area contributed by atoms with E-state index in [4.69, 9.17) is 4.74 Å². The Balaban J connectivity index is 1.59. The molecule has 0 radical (unpaired) electrons. The zero-order valence-electron chi connectivity index (χ0n) is 17.8.